The van der Waals surface area contributed by atoms with E-state index in [4.69, 9.17) is 0 Å². The summed E-state index contributed by atoms with van der Waals surface area (Å²) in [6.07, 6.45) is 3.44. The molecule has 0 aliphatic heterocycles. The van der Waals surface area contributed by atoms with Crippen LogP contribution in [0.5, 0.6) is 0 Å². The molecule has 0 aliphatic rings. The Labute approximate surface area is 178 Å². The van der Waals surface area contributed by atoms with Gasteiger partial charge in [-0.25, -0.2) is 14.4 Å². The molecule has 3 aromatic heterocycles. The topological polar surface area (TPSA) is 103 Å². The van der Waals surface area contributed by atoms with Crippen molar-refractivity contribution in [2.24, 2.45) is 0 Å². The normalized spacial score (nSPS) is 11.2. The predicted molar refractivity (Wildman–Crippen MR) is 112 cm³/mol. The Hall–Kier alpha value is -3.95. The maximum atomic E-state index is 14.6. The lowest BCUT2D eigenvalue weighted by molar-refractivity contribution is 0.102. The third-order valence-corrected chi connectivity index (χ3v) is 4.72. The molecular weight excluding hydrogens is 399 g/mol. The number of rotatable bonds is 5. The zero-order chi connectivity index (χ0) is 22.1. The van der Waals surface area contributed by atoms with Gasteiger partial charge in [-0.2, -0.15) is 4.68 Å². The largest absolute Gasteiger partial charge is 0.306 e. The van der Waals surface area contributed by atoms with Gasteiger partial charge in [0, 0.05) is 12.1 Å². The van der Waals surface area contributed by atoms with Crippen LogP contribution >= 0.6 is 0 Å². The molecule has 0 unspecified atom stereocenters. The monoisotopic (exact) mass is 420 g/mol. The summed E-state index contributed by atoms with van der Waals surface area (Å²) in [6.45, 7) is 7.57. The van der Waals surface area contributed by atoms with Gasteiger partial charge in [0.05, 0.1) is 23.3 Å². The van der Waals surface area contributed by atoms with Crippen LogP contribution in [-0.4, -0.2) is 40.6 Å². The number of aryl methyl sites for hydroxylation is 2. The van der Waals surface area contributed by atoms with E-state index >= 15 is 0 Å². The number of nitrogens with one attached hydrogen (secondary N) is 1. The number of anilines is 1. The smallest absolute Gasteiger partial charge is 0.259 e. The van der Waals surface area contributed by atoms with E-state index in [-0.39, 0.29) is 17.3 Å². The average Bonchev–Trinajstić information content (AvgIpc) is 3.37. The molecule has 0 saturated carbocycles. The zero-order valence-electron chi connectivity index (χ0n) is 17.5. The number of hydrogen-bond acceptors (Lipinski definition) is 6. The highest BCUT2D eigenvalue weighted by Gasteiger charge is 2.18. The zero-order valence-corrected chi connectivity index (χ0v) is 17.5. The molecule has 4 aromatic rings. The van der Waals surface area contributed by atoms with Crippen LogP contribution in [0.1, 0.15) is 47.2 Å². The Balaban J connectivity index is 1.64. The summed E-state index contributed by atoms with van der Waals surface area (Å²) in [4.78, 5) is 21.4. The van der Waals surface area contributed by atoms with E-state index in [9.17, 15) is 9.18 Å². The number of aromatic nitrogens is 7. The highest BCUT2D eigenvalue weighted by molar-refractivity contribution is 6.04. The third kappa shape index (κ3) is 4.04. The van der Waals surface area contributed by atoms with Crippen LogP contribution in [0.25, 0.3) is 11.5 Å². The van der Waals surface area contributed by atoms with Crippen LogP contribution in [0.4, 0.5) is 10.2 Å². The molecule has 0 bridgehead atoms. The van der Waals surface area contributed by atoms with Crippen molar-refractivity contribution < 1.29 is 9.18 Å². The first-order valence-corrected chi connectivity index (χ1v) is 9.71. The van der Waals surface area contributed by atoms with Gasteiger partial charge in [0.15, 0.2) is 11.6 Å². The molecule has 0 atom stereocenters. The van der Waals surface area contributed by atoms with Crippen molar-refractivity contribution in [2.45, 2.75) is 33.6 Å². The van der Waals surface area contributed by atoms with Crippen molar-refractivity contribution in [3.63, 3.8) is 0 Å². The van der Waals surface area contributed by atoms with Gasteiger partial charge in [-0.05, 0) is 54.1 Å². The molecule has 158 valence electrons. The SMILES string of the molecule is Cc1cn(-c2cc(C(=O)Nc3cccc(-n4nnnc4C(C)C)n3)c(F)cc2C)cn1. The van der Waals surface area contributed by atoms with Crippen molar-refractivity contribution in [2.75, 3.05) is 5.32 Å². The number of amides is 1. The van der Waals surface area contributed by atoms with Crippen molar-refractivity contribution in [1.29, 1.82) is 0 Å². The minimum Gasteiger partial charge on any atom is -0.306 e. The molecule has 1 aromatic carbocycles. The molecule has 0 radical (unpaired) electrons. The van der Waals surface area contributed by atoms with E-state index in [2.05, 4.69) is 30.8 Å². The number of nitrogens with zero attached hydrogens (tertiary/aromatic N) is 7. The Morgan fingerprint density at radius 3 is 2.71 bits per heavy atom. The van der Waals surface area contributed by atoms with Crippen LogP contribution in [-0.2, 0) is 0 Å². The third-order valence-electron chi connectivity index (χ3n) is 4.72. The van der Waals surface area contributed by atoms with Crippen molar-refractivity contribution in [1.82, 2.24) is 34.7 Å². The van der Waals surface area contributed by atoms with Crippen LogP contribution in [0.2, 0.25) is 0 Å². The highest BCUT2D eigenvalue weighted by atomic mass is 19.1. The lowest BCUT2D eigenvalue weighted by Crippen LogP contribution is -2.16. The molecule has 3 heterocycles. The van der Waals surface area contributed by atoms with E-state index < -0.39 is 11.7 Å². The van der Waals surface area contributed by atoms with Gasteiger partial charge in [-0.1, -0.05) is 19.9 Å². The summed E-state index contributed by atoms with van der Waals surface area (Å²) in [5.41, 5.74) is 2.08. The Morgan fingerprint density at radius 2 is 2.00 bits per heavy atom. The number of benzene rings is 1. The second-order valence-electron chi connectivity index (χ2n) is 7.48. The summed E-state index contributed by atoms with van der Waals surface area (Å²) in [5.74, 6) is 0.205. The van der Waals surface area contributed by atoms with Crippen molar-refractivity contribution in [3.8, 4) is 11.5 Å². The second-order valence-corrected chi connectivity index (χ2v) is 7.48. The molecule has 10 heteroatoms. The highest BCUT2D eigenvalue weighted by Crippen LogP contribution is 2.21. The lowest BCUT2D eigenvalue weighted by atomic mass is 10.1. The van der Waals surface area contributed by atoms with E-state index in [1.54, 1.807) is 36.0 Å². The van der Waals surface area contributed by atoms with Gasteiger partial charge >= 0.3 is 0 Å². The Kier molecular flexibility index (Phi) is 5.28. The molecule has 0 fully saturated rings. The minimum absolute atomic E-state index is 0.0851. The minimum atomic E-state index is -0.616. The molecule has 31 heavy (non-hydrogen) atoms. The molecule has 0 aliphatic carbocycles. The fourth-order valence-electron chi connectivity index (χ4n) is 3.18. The van der Waals surface area contributed by atoms with Crippen LogP contribution in [0.15, 0.2) is 42.9 Å². The first kappa shape index (κ1) is 20.3. The van der Waals surface area contributed by atoms with E-state index in [1.807, 2.05) is 27.0 Å². The maximum absolute atomic E-state index is 14.6. The van der Waals surface area contributed by atoms with E-state index in [0.29, 0.717) is 22.9 Å². The van der Waals surface area contributed by atoms with Crippen molar-refractivity contribution >= 4 is 11.7 Å². The molecule has 1 amide bonds. The first-order chi connectivity index (χ1) is 14.8. The standard InChI is InChI=1S/C21H21FN8O/c1-12(2)20-26-27-28-30(20)19-7-5-6-18(24-19)25-21(31)15-9-17(13(3)8-16(15)22)29-10-14(4)23-11-29/h5-12H,1-4H3,(H,24,25,31). The summed E-state index contributed by atoms with van der Waals surface area (Å²) in [5, 5.41) is 14.3. The maximum Gasteiger partial charge on any atom is 0.259 e. The number of carbonyl (C=O) groups is 1. The second kappa shape index (κ2) is 8.05. The summed E-state index contributed by atoms with van der Waals surface area (Å²) in [7, 11) is 0. The summed E-state index contributed by atoms with van der Waals surface area (Å²) < 4.78 is 17.9. The molecule has 0 saturated heterocycles. The molecule has 0 spiro atoms. The van der Waals surface area contributed by atoms with Gasteiger partial charge in [0.25, 0.3) is 5.91 Å². The number of tetrazole rings is 1. The quantitative estimate of drug-likeness (QED) is 0.531. The molecular formula is C21H21FN8O. The van der Waals surface area contributed by atoms with Crippen LogP contribution in [0.3, 0.4) is 0 Å². The number of hydrogen-bond donors (Lipinski definition) is 1. The van der Waals surface area contributed by atoms with E-state index in [0.717, 1.165) is 5.69 Å². The van der Waals surface area contributed by atoms with E-state index in [1.165, 1.54) is 16.8 Å². The number of pyridine rings is 1. The average molecular weight is 420 g/mol. The van der Waals surface area contributed by atoms with Crippen LogP contribution < -0.4 is 5.32 Å². The van der Waals surface area contributed by atoms with Gasteiger partial charge in [0.2, 0.25) is 0 Å². The van der Waals surface area contributed by atoms with Gasteiger partial charge in [-0.3, -0.25) is 4.79 Å². The van der Waals surface area contributed by atoms with Gasteiger partial charge < -0.3 is 9.88 Å². The summed E-state index contributed by atoms with van der Waals surface area (Å²) >= 11 is 0. The summed E-state index contributed by atoms with van der Waals surface area (Å²) in [6, 6.07) is 7.90. The fraction of sp³-hybridized carbons (Fsp3) is 0.238. The number of imidazole rings is 1. The lowest BCUT2D eigenvalue weighted by Gasteiger charge is -2.12. The molecule has 4 rings (SSSR count). The predicted octanol–water partition coefficient (Wildman–Crippen LogP) is 3.37. The first-order valence-electron chi connectivity index (χ1n) is 9.71. The van der Waals surface area contributed by atoms with Gasteiger partial charge in [0.1, 0.15) is 11.6 Å². The Morgan fingerprint density at radius 1 is 1.19 bits per heavy atom. The fourth-order valence-corrected chi connectivity index (χ4v) is 3.18. The number of carbonyl (C=O) groups excluding carboxylic acids is 1. The molecule has 1 N–H and O–H groups in total. The Bertz CT molecular complexity index is 1260. The number of halogens is 1. The van der Waals surface area contributed by atoms with Gasteiger partial charge in [-0.15, -0.1) is 5.10 Å². The van der Waals surface area contributed by atoms with Crippen LogP contribution in [0, 0.1) is 19.7 Å². The molecule has 9 nitrogen and oxygen atoms in total. The van der Waals surface area contributed by atoms with Crippen molar-refractivity contribution in [3.05, 3.63) is 71.3 Å².